The molecule has 0 saturated carbocycles. The second-order valence-electron chi connectivity index (χ2n) is 6.66. The lowest BCUT2D eigenvalue weighted by atomic mass is 9.86. The largest absolute Gasteiger partial charge is 0.493 e. The van der Waals surface area contributed by atoms with Crippen LogP contribution < -0.4 is 9.64 Å². The maximum absolute atomic E-state index is 6.07. The highest BCUT2D eigenvalue weighted by molar-refractivity contribution is 5.41. The van der Waals surface area contributed by atoms with Gasteiger partial charge in [0.15, 0.2) is 0 Å². The summed E-state index contributed by atoms with van der Waals surface area (Å²) in [5.41, 5.74) is 2.70. The Morgan fingerprint density at radius 3 is 2.30 bits per heavy atom. The summed E-state index contributed by atoms with van der Waals surface area (Å²) in [7, 11) is 0. The standard InChI is InChI=1S/C18H31NO/c1-7-19(8-2)12-9-13-20-17-14-15(3)10-11-16(17)18(4,5)6/h10-11,14H,7-9,12-13H2,1-6H3/p+1. The first-order chi connectivity index (χ1) is 9.38. The van der Waals surface area contributed by atoms with Crippen LogP contribution in [0.15, 0.2) is 18.2 Å². The van der Waals surface area contributed by atoms with Crippen LogP contribution in [0.25, 0.3) is 0 Å². The molecule has 1 N–H and O–H groups in total. The Kier molecular flexibility index (Phi) is 6.54. The molecule has 0 aliphatic carbocycles. The van der Waals surface area contributed by atoms with Crippen molar-refractivity contribution in [1.29, 1.82) is 0 Å². The third kappa shape index (κ3) is 5.16. The molecule has 2 nitrogen and oxygen atoms in total. The first-order valence-electron chi connectivity index (χ1n) is 7.96. The number of hydrogen-bond acceptors (Lipinski definition) is 1. The van der Waals surface area contributed by atoms with Gasteiger partial charge in [-0.15, -0.1) is 0 Å². The van der Waals surface area contributed by atoms with Gasteiger partial charge in [-0.05, 0) is 43.4 Å². The molecule has 1 rings (SSSR count). The Hall–Kier alpha value is -1.02. The highest BCUT2D eigenvalue weighted by atomic mass is 16.5. The monoisotopic (exact) mass is 278 g/mol. The lowest BCUT2D eigenvalue weighted by molar-refractivity contribution is -0.896. The molecule has 1 aromatic rings. The van der Waals surface area contributed by atoms with Gasteiger partial charge in [-0.3, -0.25) is 0 Å². The molecule has 0 spiro atoms. The summed E-state index contributed by atoms with van der Waals surface area (Å²) >= 11 is 0. The lowest BCUT2D eigenvalue weighted by Crippen LogP contribution is -3.11. The summed E-state index contributed by atoms with van der Waals surface area (Å²) in [6.45, 7) is 17.8. The van der Waals surface area contributed by atoms with Crippen LogP contribution in [0.3, 0.4) is 0 Å². The van der Waals surface area contributed by atoms with Gasteiger partial charge in [0.2, 0.25) is 0 Å². The highest BCUT2D eigenvalue weighted by Crippen LogP contribution is 2.32. The fourth-order valence-electron chi connectivity index (χ4n) is 2.48. The van der Waals surface area contributed by atoms with Crippen LogP contribution in [0.4, 0.5) is 0 Å². The molecule has 2 heteroatoms. The van der Waals surface area contributed by atoms with E-state index in [9.17, 15) is 0 Å². The van der Waals surface area contributed by atoms with Gasteiger partial charge in [0.1, 0.15) is 5.75 Å². The Morgan fingerprint density at radius 2 is 1.75 bits per heavy atom. The number of benzene rings is 1. The highest BCUT2D eigenvalue weighted by Gasteiger charge is 2.18. The third-order valence-corrected chi connectivity index (χ3v) is 3.88. The predicted molar refractivity (Wildman–Crippen MR) is 86.9 cm³/mol. The smallest absolute Gasteiger partial charge is 0.123 e. The van der Waals surface area contributed by atoms with Crippen molar-refractivity contribution in [3.05, 3.63) is 29.3 Å². The average molecular weight is 278 g/mol. The van der Waals surface area contributed by atoms with E-state index in [0.29, 0.717) is 0 Å². The fraction of sp³-hybridized carbons (Fsp3) is 0.667. The maximum Gasteiger partial charge on any atom is 0.123 e. The number of rotatable bonds is 7. The van der Waals surface area contributed by atoms with E-state index < -0.39 is 0 Å². The van der Waals surface area contributed by atoms with Crippen molar-refractivity contribution in [2.75, 3.05) is 26.2 Å². The van der Waals surface area contributed by atoms with Gasteiger partial charge in [0.25, 0.3) is 0 Å². The van der Waals surface area contributed by atoms with Crippen molar-refractivity contribution >= 4 is 0 Å². The quantitative estimate of drug-likeness (QED) is 0.757. The maximum atomic E-state index is 6.07. The molecule has 0 fully saturated rings. The van der Waals surface area contributed by atoms with E-state index in [4.69, 9.17) is 4.74 Å². The van der Waals surface area contributed by atoms with Gasteiger partial charge in [0.05, 0.1) is 26.2 Å². The van der Waals surface area contributed by atoms with E-state index in [1.807, 2.05) is 0 Å². The topological polar surface area (TPSA) is 13.7 Å². The number of nitrogens with one attached hydrogen (secondary N) is 1. The summed E-state index contributed by atoms with van der Waals surface area (Å²) in [5.74, 6) is 1.06. The van der Waals surface area contributed by atoms with Gasteiger partial charge in [0, 0.05) is 6.42 Å². The van der Waals surface area contributed by atoms with E-state index in [1.165, 1.54) is 30.8 Å². The van der Waals surface area contributed by atoms with Crippen LogP contribution in [-0.4, -0.2) is 26.2 Å². The molecular weight excluding hydrogens is 246 g/mol. The number of ether oxygens (including phenoxy) is 1. The van der Waals surface area contributed by atoms with Crippen LogP contribution in [0.1, 0.15) is 52.2 Å². The van der Waals surface area contributed by atoms with Gasteiger partial charge in [-0.1, -0.05) is 32.9 Å². The number of hydrogen-bond donors (Lipinski definition) is 1. The summed E-state index contributed by atoms with van der Waals surface area (Å²) < 4.78 is 6.07. The minimum absolute atomic E-state index is 0.132. The second kappa shape index (κ2) is 7.68. The lowest BCUT2D eigenvalue weighted by Gasteiger charge is -2.23. The van der Waals surface area contributed by atoms with Gasteiger partial charge >= 0.3 is 0 Å². The Balaban J connectivity index is 2.61. The molecule has 0 heterocycles. The molecule has 114 valence electrons. The molecule has 0 radical (unpaired) electrons. The van der Waals surface area contributed by atoms with Crippen molar-refractivity contribution in [2.45, 2.75) is 53.4 Å². The molecule has 0 aliphatic heterocycles. The fourth-order valence-corrected chi connectivity index (χ4v) is 2.48. The zero-order valence-electron chi connectivity index (χ0n) is 14.2. The predicted octanol–water partition coefficient (Wildman–Crippen LogP) is 2.99. The van der Waals surface area contributed by atoms with Crippen molar-refractivity contribution in [2.24, 2.45) is 0 Å². The average Bonchev–Trinajstić information content (AvgIpc) is 2.37. The molecule has 0 aliphatic rings. The third-order valence-electron chi connectivity index (χ3n) is 3.88. The minimum atomic E-state index is 0.132. The van der Waals surface area contributed by atoms with Crippen molar-refractivity contribution in [3.63, 3.8) is 0 Å². The van der Waals surface area contributed by atoms with Gasteiger partial charge < -0.3 is 9.64 Å². The SMILES string of the molecule is CC[NH+](CC)CCCOc1cc(C)ccc1C(C)(C)C. The Labute approximate surface area is 125 Å². The van der Waals surface area contributed by atoms with Crippen LogP contribution in [-0.2, 0) is 5.41 Å². The molecule has 20 heavy (non-hydrogen) atoms. The van der Waals surface area contributed by atoms with E-state index in [1.54, 1.807) is 4.90 Å². The van der Waals surface area contributed by atoms with Crippen molar-refractivity contribution < 1.29 is 9.64 Å². The molecule has 0 unspecified atom stereocenters. The van der Waals surface area contributed by atoms with Crippen molar-refractivity contribution in [1.82, 2.24) is 0 Å². The second-order valence-corrected chi connectivity index (χ2v) is 6.66. The Bertz CT molecular complexity index is 402. The first kappa shape index (κ1) is 17.0. The molecule has 0 amide bonds. The molecule has 0 atom stereocenters. The molecule has 1 aromatic carbocycles. The number of quaternary nitrogens is 1. The number of aryl methyl sites for hydroxylation is 1. The van der Waals surface area contributed by atoms with E-state index in [-0.39, 0.29) is 5.41 Å². The molecule has 0 bridgehead atoms. The van der Waals surface area contributed by atoms with E-state index >= 15 is 0 Å². The first-order valence-corrected chi connectivity index (χ1v) is 7.96. The Morgan fingerprint density at radius 1 is 1.10 bits per heavy atom. The summed E-state index contributed by atoms with van der Waals surface area (Å²) in [5, 5.41) is 0. The summed E-state index contributed by atoms with van der Waals surface area (Å²) in [6, 6.07) is 6.55. The van der Waals surface area contributed by atoms with E-state index in [2.05, 4.69) is 59.7 Å². The van der Waals surface area contributed by atoms with Gasteiger partial charge in [-0.2, -0.15) is 0 Å². The van der Waals surface area contributed by atoms with Crippen molar-refractivity contribution in [3.8, 4) is 5.75 Å². The van der Waals surface area contributed by atoms with Crippen LogP contribution >= 0.6 is 0 Å². The summed E-state index contributed by atoms with van der Waals surface area (Å²) in [6.07, 6.45) is 1.12. The molecular formula is C18H32NO+. The molecule has 0 aromatic heterocycles. The van der Waals surface area contributed by atoms with Gasteiger partial charge in [-0.25, -0.2) is 0 Å². The normalized spacial score (nSPS) is 11.9. The molecule has 0 saturated heterocycles. The van der Waals surface area contributed by atoms with E-state index in [0.717, 1.165) is 18.8 Å². The van der Waals surface area contributed by atoms with Crippen LogP contribution in [0, 0.1) is 6.92 Å². The zero-order valence-corrected chi connectivity index (χ0v) is 14.2. The summed E-state index contributed by atoms with van der Waals surface area (Å²) in [4.78, 5) is 1.65. The van der Waals surface area contributed by atoms with Crippen LogP contribution in [0.5, 0.6) is 5.75 Å². The minimum Gasteiger partial charge on any atom is -0.493 e. The zero-order chi connectivity index (χ0) is 15.2. The van der Waals surface area contributed by atoms with Crippen LogP contribution in [0.2, 0.25) is 0 Å².